The second kappa shape index (κ2) is 6.28. The molecule has 5 nitrogen and oxygen atoms in total. The Kier molecular flexibility index (Phi) is 4.22. The van der Waals surface area contributed by atoms with E-state index in [2.05, 4.69) is 15.7 Å². The third kappa shape index (κ3) is 3.25. The largest absolute Gasteiger partial charge is 0.325 e. The number of amides is 1. The third-order valence-electron chi connectivity index (χ3n) is 3.59. The molecule has 3 rings (SSSR count). The van der Waals surface area contributed by atoms with Gasteiger partial charge in [-0.25, -0.2) is 4.68 Å². The van der Waals surface area contributed by atoms with Crippen LogP contribution in [0.5, 0.6) is 0 Å². The van der Waals surface area contributed by atoms with Gasteiger partial charge in [-0.05, 0) is 43.7 Å². The Balaban J connectivity index is 1.72. The van der Waals surface area contributed by atoms with E-state index in [4.69, 9.17) is 11.6 Å². The first-order valence-corrected chi connectivity index (χ1v) is 7.45. The molecule has 2 aromatic rings. The quantitative estimate of drug-likeness (QED) is 0.916. The predicted octanol–water partition coefficient (Wildman–Crippen LogP) is 2.61. The Bertz CT molecular complexity index is 621. The number of carbonyl (C=O) groups is 1. The third-order valence-corrected chi connectivity index (χ3v) is 3.90. The van der Waals surface area contributed by atoms with Crippen LogP contribution in [0.15, 0.2) is 36.7 Å². The van der Waals surface area contributed by atoms with Crippen LogP contribution in [0.1, 0.15) is 19.3 Å². The molecule has 1 amide bonds. The molecule has 21 heavy (non-hydrogen) atoms. The Morgan fingerprint density at radius 3 is 3.00 bits per heavy atom. The number of hydrogen-bond acceptors (Lipinski definition) is 3. The molecule has 1 aromatic carbocycles. The van der Waals surface area contributed by atoms with Crippen LogP contribution < -0.4 is 10.6 Å². The van der Waals surface area contributed by atoms with Crippen LogP contribution in [0.2, 0.25) is 5.02 Å². The van der Waals surface area contributed by atoms with Crippen LogP contribution in [-0.4, -0.2) is 28.3 Å². The first-order valence-electron chi connectivity index (χ1n) is 7.08. The zero-order valence-corrected chi connectivity index (χ0v) is 12.3. The highest BCUT2D eigenvalue weighted by molar-refractivity contribution is 6.32. The van der Waals surface area contributed by atoms with Crippen molar-refractivity contribution < 1.29 is 4.79 Å². The number of halogens is 1. The summed E-state index contributed by atoms with van der Waals surface area (Å²) in [4.78, 5) is 12.2. The molecule has 2 heterocycles. The van der Waals surface area contributed by atoms with Crippen molar-refractivity contribution in [3.63, 3.8) is 0 Å². The molecule has 6 heteroatoms. The lowest BCUT2D eigenvalue weighted by molar-refractivity contribution is -0.118. The van der Waals surface area contributed by atoms with Gasteiger partial charge < -0.3 is 10.6 Å². The fourth-order valence-electron chi connectivity index (χ4n) is 2.49. The standard InChI is InChI=1S/C15H17ClN4O/c16-12-10-11(5-6-14(12)20-9-3-8-18-20)19-15(21)13-4-1-2-7-17-13/h3,5-6,8-10,13,17H,1-2,4,7H2,(H,19,21). The molecular formula is C15H17ClN4O. The van der Waals surface area contributed by atoms with Crippen LogP contribution in [0, 0.1) is 0 Å². The van der Waals surface area contributed by atoms with Gasteiger partial charge in [0.2, 0.25) is 5.91 Å². The molecule has 0 spiro atoms. The maximum atomic E-state index is 12.2. The van der Waals surface area contributed by atoms with Crippen LogP contribution in [0.3, 0.4) is 0 Å². The average Bonchev–Trinajstić information content (AvgIpc) is 3.02. The van der Waals surface area contributed by atoms with E-state index >= 15 is 0 Å². The predicted molar refractivity (Wildman–Crippen MR) is 82.8 cm³/mol. The summed E-state index contributed by atoms with van der Waals surface area (Å²) in [5, 5.41) is 10.8. The second-order valence-corrected chi connectivity index (χ2v) is 5.52. The minimum absolute atomic E-state index is 0.00222. The summed E-state index contributed by atoms with van der Waals surface area (Å²) < 4.78 is 1.69. The van der Waals surface area contributed by atoms with Gasteiger partial charge in [0.05, 0.1) is 16.8 Å². The number of aromatic nitrogens is 2. The maximum absolute atomic E-state index is 12.2. The number of nitrogens with zero attached hydrogens (tertiary/aromatic N) is 2. The highest BCUT2D eigenvalue weighted by Crippen LogP contribution is 2.24. The Hall–Kier alpha value is -1.85. The van der Waals surface area contributed by atoms with Crippen molar-refractivity contribution in [2.45, 2.75) is 25.3 Å². The number of hydrogen-bond donors (Lipinski definition) is 2. The Labute approximate surface area is 128 Å². The molecule has 0 saturated carbocycles. The smallest absolute Gasteiger partial charge is 0.241 e. The van der Waals surface area contributed by atoms with Crippen molar-refractivity contribution in [2.75, 3.05) is 11.9 Å². The SMILES string of the molecule is O=C(Nc1ccc(-n2cccn2)c(Cl)c1)C1CCCCN1. The molecule has 1 aliphatic heterocycles. The maximum Gasteiger partial charge on any atom is 0.241 e. The van der Waals surface area contributed by atoms with Gasteiger partial charge in [-0.15, -0.1) is 0 Å². The summed E-state index contributed by atoms with van der Waals surface area (Å²) in [6, 6.07) is 7.16. The fourth-order valence-corrected chi connectivity index (χ4v) is 2.75. The van der Waals surface area contributed by atoms with Crippen molar-refractivity contribution >= 4 is 23.2 Å². The van der Waals surface area contributed by atoms with E-state index in [1.54, 1.807) is 16.9 Å². The summed E-state index contributed by atoms with van der Waals surface area (Å²) in [5.74, 6) is -0.00222. The minimum Gasteiger partial charge on any atom is -0.325 e. The molecule has 1 saturated heterocycles. The molecule has 110 valence electrons. The van der Waals surface area contributed by atoms with E-state index in [-0.39, 0.29) is 11.9 Å². The molecule has 1 atom stereocenters. The number of anilines is 1. The Morgan fingerprint density at radius 2 is 2.33 bits per heavy atom. The van der Waals surface area contributed by atoms with Gasteiger partial charge in [-0.3, -0.25) is 4.79 Å². The summed E-state index contributed by atoms with van der Waals surface area (Å²) in [5.41, 5.74) is 1.49. The number of rotatable bonds is 3. The van der Waals surface area contributed by atoms with Gasteiger partial charge in [-0.2, -0.15) is 5.10 Å². The van der Waals surface area contributed by atoms with Gasteiger partial charge >= 0.3 is 0 Å². The first kappa shape index (κ1) is 14.1. The molecule has 1 aromatic heterocycles. The lowest BCUT2D eigenvalue weighted by Gasteiger charge is -2.22. The number of nitrogens with one attached hydrogen (secondary N) is 2. The Morgan fingerprint density at radius 1 is 1.43 bits per heavy atom. The molecule has 1 aliphatic rings. The van der Waals surface area contributed by atoms with Gasteiger partial charge in [-0.1, -0.05) is 18.0 Å². The lowest BCUT2D eigenvalue weighted by Crippen LogP contribution is -2.43. The molecule has 0 aliphatic carbocycles. The first-order chi connectivity index (χ1) is 10.2. The van der Waals surface area contributed by atoms with E-state index < -0.39 is 0 Å². The molecule has 2 N–H and O–H groups in total. The minimum atomic E-state index is -0.108. The summed E-state index contributed by atoms with van der Waals surface area (Å²) in [7, 11) is 0. The van der Waals surface area contributed by atoms with E-state index in [0.717, 1.165) is 31.5 Å². The molecule has 1 unspecified atom stereocenters. The zero-order chi connectivity index (χ0) is 14.7. The topological polar surface area (TPSA) is 59.0 Å². The van der Waals surface area contributed by atoms with Gasteiger partial charge in [0.1, 0.15) is 0 Å². The zero-order valence-electron chi connectivity index (χ0n) is 11.6. The molecule has 0 radical (unpaired) electrons. The van der Waals surface area contributed by atoms with Crippen molar-refractivity contribution in [1.29, 1.82) is 0 Å². The average molecular weight is 305 g/mol. The highest BCUT2D eigenvalue weighted by atomic mass is 35.5. The van der Waals surface area contributed by atoms with Crippen LogP contribution in [0.25, 0.3) is 5.69 Å². The molecule has 0 bridgehead atoms. The monoisotopic (exact) mass is 304 g/mol. The van der Waals surface area contributed by atoms with E-state index in [0.29, 0.717) is 10.7 Å². The van der Waals surface area contributed by atoms with E-state index in [9.17, 15) is 4.79 Å². The van der Waals surface area contributed by atoms with E-state index in [1.807, 2.05) is 24.4 Å². The highest BCUT2D eigenvalue weighted by Gasteiger charge is 2.20. The fraction of sp³-hybridized carbons (Fsp3) is 0.333. The normalized spacial score (nSPS) is 18.4. The van der Waals surface area contributed by atoms with Crippen molar-refractivity contribution in [3.05, 3.63) is 41.7 Å². The molecule has 1 fully saturated rings. The van der Waals surface area contributed by atoms with Gasteiger partial charge in [0.15, 0.2) is 0 Å². The van der Waals surface area contributed by atoms with Crippen LogP contribution in [0.4, 0.5) is 5.69 Å². The van der Waals surface area contributed by atoms with Crippen molar-refractivity contribution in [2.24, 2.45) is 0 Å². The van der Waals surface area contributed by atoms with Crippen molar-refractivity contribution in [1.82, 2.24) is 15.1 Å². The van der Waals surface area contributed by atoms with Crippen LogP contribution in [-0.2, 0) is 4.79 Å². The summed E-state index contributed by atoms with van der Waals surface area (Å²) in [6.07, 6.45) is 6.62. The van der Waals surface area contributed by atoms with Gasteiger partial charge in [0, 0.05) is 18.1 Å². The lowest BCUT2D eigenvalue weighted by atomic mass is 10.0. The van der Waals surface area contributed by atoms with Crippen molar-refractivity contribution in [3.8, 4) is 5.69 Å². The molecular weight excluding hydrogens is 288 g/mol. The van der Waals surface area contributed by atoms with Gasteiger partial charge in [0.25, 0.3) is 0 Å². The number of benzene rings is 1. The summed E-state index contributed by atoms with van der Waals surface area (Å²) >= 11 is 6.26. The summed E-state index contributed by atoms with van der Waals surface area (Å²) in [6.45, 7) is 0.900. The van der Waals surface area contributed by atoms with E-state index in [1.165, 1.54) is 0 Å². The number of piperidine rings is 1. The van der Waals surface area contributed by atoms with Crippen LogP contribution >= 0.6 is 11.6 Å². The number of carbonyl (C=O) groups excluding carboxylic acids is 1. The second-order valence-electron chi connectivity index (χ2n) is 5.11.